The first-order valence-electron chi connectivity index (χ1n) is 5.20. The summed E-state index contributed by atoms with van der Waals surface area (Å²) < 4.78 is 0. The van der Waals surface area contributed by atoms with Crippen LogP contribution in [0.15, 0.2) is 42.5 Å². The van der Waals surface area contributed by atoms with Crippen molar-refractivity contribution in [3.63, 3.8) is 0 Å². The molecule has 0 aromatic heterocycles. The maximum atomic E-state index is 6.08. The first-order chi connectivity index (χ1) is 8.19. The minimum absolute atomic E-state index is 0.518. The first kappa shape index (κ1) is 12.2. The zero-order chi connectivity index (χ0) is 12.3. The third-order valence-corrected chi connectivity index (χ3v) is 2.92. The Hall–Kier alpha value is -1.22. The van der Waals surface area contributed by atoms with Crippen LogP contribution >= 0.6 is 23.2 Å². The lowest BCUT2D eigenvalue weighted by molar-refractivity contribution is 1.07. The molecule has 0 unspecified atom stereocenters. The Morgan fingerprint density at radius 1 is 1.06 bits per heavy atom. The molecule has 2 nitrogen and oxygen atoms in total. The second kappa shape index (κ2) is 5.41. The lowest BCUT2D eigenvalue weighted by Crippen LogP contribution is -1.97. The van der Waals surface area contributed by atoms with Crippen molar-refractivity contribution in [1.29, 1.82) is 0 Å². The Labute approximate surface area is 110 Å². The van der Waals surface area contributed by atoms with Gasteiger partial charge in [0.15, 0.2) is 0 Å². The van der Waals surface area contributed by atoms with Gasteiger partial charge in [-0.05, 0) is 35.9 Å². The molecule has 0 radical (unpaired) electrons. The number of anilines is 2. The fourth-order valence-corrected chi connectivity index (χ4v) is 1.98. The van der Waals surface area contributed by atoms with Gasteiger partial charge < -0.3 is 11.1 Å². The molecule has 0 saturated heterocycles. The summed E-state index contributed by atoms with van der Waals surface area (Å²) in [5.74, 6) is 0. The summed E-state index contributed by atoms with van der Waals surface area (Å²) in [4.78, 5) is 0. The van der Waals surface area contributed by atoms with Crippen LogP contribution in [0.3, 0.4) is 0 Å². The van der Waals surface area contributed by atoms with E-state index in [0.29, 0.717) is 16.6 Å². The van der Waals surface area contributed by atoms with E-state index in [4.69, 9.17) is 28.9 Å². The van der Waals surface area contributed by atoms with Gasteiger partial charge in [0.25, 0.3) is 0 Å². The van der Waals surface area contributed by atoms with Gasteiger partial charge in [-0.1, -0.05) is 35.3 Å². The third kappa shape index (κ3) is 3.13. The molecule has 0 bridgehead atoms. The van der Waals surface area contributed by atoms with Crippen molar-refractivity contribution in [2.45, 2.75) is 6.54 Å². The van der Waals surface area contributed by atoms with Gasteiger partial charge in [0, 0.05) is 17.3 Å². The summed E-state index contributed by atoms with van der Waals surface area (Å²) in [7, 11) is 0. The molecule has 0 fully saturated rings. The fourth-order valence-electron chi connectivity index (χ4n) is 1.52. The van der Waals surface area contributed by atoms with Crippen LogP contribution < -0.4 is 11.1 Å². The lowest BCUT2D eigenvalue weighted by Gasteiger charge is -2.09. The van der Waals surface area contributed by atoms with E-state index in [9.17, 15) is 0 Å². The minimum Gasteiger partial charge on any atom is -0.354 e. The van der Waals surface area contributed by atoms with E-state index in [1.54, 1.807) is 12.1 Å². The smallest absolute Gasteiger partial charge is 0.0655 e. The number of nitrogens with one attached hydrogen (secondary N) is 1. The Morgan fingerprint density at radius 3 is 2.59 bits per heavy atom. The normalized spacial score (nSPS) is 10.3. The van der Waals surface area contributed by atoms with Crippen molar-refractivity contribution in [1.82, 2.24) is 0 Å². The number of nitrogens with two attached hydrogens (primary N) is 1. The van der Waals surface area contributed by atoms with Gasteiger partial charge in [0.1, 0.15) is 0 Å². The summed E-state index contributed by atoms with van der Waals surface area (Å²) in [5.41, 5.74) is 8.44. The average molecular weight is 267 g/mol. The zero-order valence-electron chi connectivity index (χ0n) is 9.08. The largest absolute Gasteiger partial charge is 0.354 e. The zero-order valence-corrected chi connectivity index (χ0v) is 10.6. The highest BCUT2D eigenvalue weighted by Gasteiger charge is 2.02. The van der Waals surface area contributed by atoms with Crippen molar-refractivity contribution in [3.05, 3.63) is 58.1 Å². The van der Waals surface area contributed by atoms with Crippen molar-refractivity contribution in [3.8, 4) is 0 Å². The van der Waals surface area contributed by atoms with E-state index in [2.05, 4.69) is 5.32 Å². The molecule has 0 amide bonds. The molecule has 0 aliphatic heterocycles. The molecule has 0 atom stereocenters. The van der Waals surface area contributed by atoms with E-state index >= 15 is 0 Å². The van der Waals surface area contributed by atoms with Crippen molar-refractivity contribution >= 4 is 34.6 Å². The molecule has 2 rings (SSSR count). The molecule has 0 aliphatic rings. The molecule has 2 aromatic carbocycles. The highest BCUT2D eigenvalue weighted by molar-refractivity contribution is 6.36. The molecule has 0 saturated carbocycles. The SMILES string of the molecule is NCc1cccc(Nc2ccc(Cl)cc2Cl)c1. The second-order valence-electron chi connectivity index (χ2n) is 3.65. The maximum absolute atomic E-state index is 6.08. The van der Waals surface area contributed by atoms with Crippen molar-refractivity contribution in [2.75, 3.05) is 5.32 Å². The number of benzene rings is 2. The predicted octanol–water partition coefficient (Wildman–Crippen LogP) is 4.20. The summed E-state index contributed by atoms with van der Waals surface area (Å²) in [5, 5.41) is 4.44. The first-order valence-corrected chi connectivity index (χ1v) is 5.96. The topological polar surface area (TPSA) is 38.0 Å². The fraction of sp³-hybridized carbons (Fsp3) is 0.0769. The van der Waals surface area contributed by atoms with Gasteiger partial charge in [-0.15, -0.1) is 0 Å². The van der Waals surface area contributed by atoms with Crippen LogP contribution in [0.4, 0.5) is 11.4 Å². The quantitative estimate of drug-likeness (QED) is 0.874. The lowest BCUT2D eigenvalue weighted by atomic mass is 10.2. The van der Waals surface area contributed by atoms with Gasteiger partial charge in [0.2, 0.25) is 0 Å². The summed E-state index contributed by atoms with van der Waals surface area (Å²) in [6.45, 7) is 0.518. The van der Waals surface area contributed by atoms with Crippen LogP contribution in [0.5, 0.6) is 0 Å². The molecule has 0 spiro atoms. The van der Waals surface area contributed by atoms with Crippen LogP contribution in [0, 0.1) is 0 Å². The van der Waals surface area contributed by atoms with Crippen LogP contribution in [-0.2, 0) is 6.54 Å². The summed E-state index contributed by atoms with van der Waals surface area (Å²) in [6.07, 6.45) is 0. The molecule has 0 heterocycles. The van der Waals surface area contributed by atoms with E-state index in [0.717, 1.165) is 16.9 Å². The predicted molar refractivity (Wildman–Crippen MR) is 74.1 cm³/mol. The highest BCUT2D eigenvalue weighted by Crippen LogP contribution is 2.28. The highest BCUT2D eigenvalue weighted by atomic mass is 35.5. The van der Waals surface area contributed by atoms with Crippen LogP contribution in [-0.4, -0.2) is 0 Å². The Kier molecular flexibility index (Phi) is 3.89. The molecule has 3 N–H and O–H groups in total. The van der Waals surface area contributed by atoms with Gasteiger partial charge in [0.05, 0.1) is 10.7 Å². The van der Waals surface area contributed by atoms with Crippen molar-refractivity contribution in [2.24, 2.45) is 5.73 Å². The summed E-state index contributed by atoms with van der Waals surface area (Å²) in [6, 6.07) is 13.2. The van der Waals surface area contributed by atoms with Gasteiger partial charge >= 0.3 is 0 Å². The molecule has 17 heavy (non-hydrogen) atoms. The van der Waals surface area contributed by atoms with Crippen LogP contribution in [0.2, 0.25) is 10.0 Å². The number of rotatable bonds is 3. The molecule has 0 aliphatic carbocycles. The minimum atomic E-state index is 0.518. The van der Waals surface area contributed by atoms with Crippen LogP contribution in [0.25, 0.3) is 0 Å². The molecular formula is C13H12Cl2N2. The Morgan fingerprint density at radius 2 is 1.88 bits per heavy atom. The Bertz CT molecular complexity index is 527. The Balaban J connectivity index is 2.25. The monoisotopic (exact) mass is 266 g/mol. The second-order valence-corrected chi connectivity index (χ2v) is 4.50. The molecular weight excluding hydrogens is 255 g/mol. The third-order valence-electron chi connectivity index (χ3n) is 2.37. The van der Waals surface area contributed by atoms with Crippen molar-refractivity contribution < 1.29 is 0 Å². The molecule has 4 heteroatoms. The van der Waals surface area contributed by atoms with Gasteiger partial charge in [-0.2, -0.15) is 0 Å². The summed E-state index contributed by atoms with van der Waals surface area (Å²) >= 11 is 11.9. The van der Waals surface area contributed by atoms with E-state index in [-0.39, 0.29) is 0 Å². The number of hydrogen-bond acceptors (Lipinski definition) is 2. The van der Waals surface area contributed by atoms with Crippen LogP contribution in [0.1, 0.15) is 5.56 Å². The van der Waals surface area contributed by atoms with Gasteiger partial charge in [-0.25, -0.2) is 0 Å². The standard InChI is InChI=1S/C13H12Cl2N2/c14-10-4-5-13(12(15)7-10)17-11-3-1-2-9(6-11)8-16/h1-7,17H,8,16H2. The number of hydrogen-bond donors (Lipinski definition) is 2. The average Bonchev–Trinajstić information content (AvgIpc) is 2.33. The van der Waals surface area contributed by atoms with E-state index in [1.165, 1.54) is 0 Å². The maximum Gasteiger partial charge on any atom is 0.0655 e. The molecule has 88 valence electrons. The number of halogens is 2. The van der Waals surface area contributed by atoms with Gasteiger partial charge in [-0.3, -0.25) is 0 Å². The van der Waals surface area contributed by atoms with E-state index < -0.39 is 0 Å². The molecule has 2 aromatic rings. The van der Waals surface area contributed by atoms with E-state index in [1.807, 2.05) is 30.3 Å².